The first-order valence-electron chi connectivity index (χ1n) is 13.1. The van der Waals surface area contributed by atoms with Gasteiger partial charge in [0.2, 0.25) is 5.92 Å². The van der Waals surface area contributed by atoms with Crippen molar-refractivity contribution in [1.29, 1.82) is 0 Å². The second-order valence-electron chi connectivity index (χ2n) is 11.2. The molecule has 212 valence electrons. The number of aryl methyl sites for hydroxylation is 1. The molecule has 1 amide bonds. The maximum atomic E-state index is 15.9. The Morgan fingerprint density at radius 2 is 1.90 bits per heavy atom. The summed E-state index contributed by atoms with van der Waals surface area (Å²) in [6.45, 7) is 0.566. The monoisotopic (exact) mass is 563 g/mol. The molecular formula is C28H27F6N5O. The van der Waals surface area contributed by atoms with Gasteiger partial charge in [0, 0.05) is 43.1 Å². The van der Waals surface area contributed by atoms with Crippen LogP contribution >= 0.6 is 0 Å². The molecule has 0 bridgehead atoms. The van der Waals surface area contributed by atoms with Crippen molar-refractivity contribution in [1.82, 2.24) is 20.1 Å². The number of aromatic nitrogens is 3. The van der Waals surface area contributed by atoms with Crippen LogP contribution in [0.15, 0.2) is 42.7 Å². The van der Waals surface area contributed by atoms with E-state index < -0.39 is 48.0 Å². The highest BCUT2D eigenvalue weighted by atomic mass is 19.4. The maximum Gasteiger partial charge on any atom is 0.416 e. The molecule has 1 atom stereocenters. The Labute approximate surface area is 226 Å². The first kappa shape index (κ1) is 26.8. The predicted molar refractivity (Wildman–Crippen MR) is 134 cm³/mol. The summed E-state index contributed by atoms with van der Waals surface area (Å²) in [5.74, 6) is -3.29. The van der Waals surface area contributed by atoms with Crippen LogP contribution in [0, 0.1) is 5.92 Å². The minimum absolute atomic E-state index is 0.0456. The summed E-state index contributed by atoms with van der Waals surface area (Å²) in [5, 5.41) is 10.6. The molecule has 2 aliphatic carbocycles. The number of amides is 1. The van der Waals surface area contributed by atoms with E-state index in [9.17, 15) is 26.7 Å². The second kappa shape index (κ2) is 9.32. The Kier molecular flexibility index (Phi) is 6.24. The zero-order valence-corrected chi connectivity index (χ0v) is 21.6. The number of hydrogen-bond donors (Lipinski definition) is 1. The summed E-state index contributed by atoms with van der Waals surface area (Å²) < 4.78 is 87.8. The molecule has 3 aliphatic rings. The van der Waals surface area contributed by atoms with Crippen LogP contribution in [-0.4, -0.2) is 33.1 Å². The largest absolute Gasteiger partial charge is 0.416 e. The molecule has 0 saturated heterocycles. The van der Waals surface area contributed by atoms with Gasteiger partial charge in [-0.1, -0.05) is 12.1 Å². The quantitative estimate of drug-likeness (QED) is 0.348. The molecule has 0 unspecified atom stereocenters. The third-order valence-corrected chi connectivity index (χ3v) is 8.21. The lowest BCUT2D eigenvalue weighted by Gasteiger charge is -2.49. The van der Waals surface area contributed by atoms with E-state index in [-0.39, 0.29) is 41.3 Å². The van der Waals surface area contributed by atoms with E-state index in [1.54, 1.807) is 0 Å². The summed E-state index contributed by atoms with van der Waals surface area (Å²) in [6.07, 6.45) is -4.67. The Bertz CT molecular complexity index is 1460. The van der Waals surface area contributed by atoms with Crippen molar-refractivity contribution in [3.8, 4) is 0 Å². The van der Waals surface area contributed by atoms with E-state index in [0.29, 0.717) is 18.0 Å². The van der Waals surface area contributed by atoms with Gasteiger partial charge in [-0.25, -0.2) is 13.2 Å². The molecule has 12 heteroatoms. The fraction of sp³-hybridized carbons (Fsp3) is 0.464. The second-order valence-corrected chi connectivity index (χ2v) is 11.2. The van der Waals surface area contributed by atoms with Crippen molar-refractivity contribution in [2.75, 3.05) is 11.4 Å². The van der Waals surface area contributed by atoms with Gasteiger partial charge in [-0.15, -0.1) is 10.2 Å². The van der Waals surface area contributed by atoms with Gasteiger partial charge in [0.25, 0.3) is 5.91 Å². The Hall–Kier alpha value is -3.41. The number of nitrogens with one attached hydrogen (secondary N) is 1. The van der Waals surface area contributed by atoms with Crippen LogP contribution in [-0.2, 0) is 31.7 Å². The summed E-state index contributed by atoms with van der Waals surface area (Å²) in [4.78, 5) is 14.6. The Morgan fingerprint density at radius 3 is 2.52 bits per heavy atom. The minimum Gasteiger partial charge on any atom is -0.318 e. The maximum absolute atomic E-state index is 15.9. The van der Waals surface area contributed by atoms with Gasteiger partial charge in [0.05, 0.1) is 12.1 Å². The molecule has 2 aromatic carbocycles. The molecule has 0 radical (unpaired) electrons. The van der Waals surface area contributed by atoms with E-state index in [1.165, 1.54) is 53.2 Å². The van der Waals surface area contributed by atoms with Crippen molar-refractivity contribution in [3.63, 3.8) is 0 Å². The number of carbonyl (C=O) groups excluding carboxylic acids is 1. The van der Waals surface area contributed by atoms with Gasteiger partial charge in [0.15, 0.2) is 12.0 Å². The van der Waals surface area contributed by atoms with Gasteiger partial charge in [-0.3, -0.25) is 4.79 Å². The van der Waals surface area contributed by atoms with Crippen LogP contribution < -0.4 is 10.2 Å². The Balaban J connectivity index is 1.33. The van der Waals surface area contributed by atoms with Gasteiger partial charge in [-0.05, 0) is 66.3 Å². The zero-order valence-electron chi connectivity index (χ0n) is 21.6. The van der Waals surface area contributed by atoms with Crippen LogP contribution in [0.1, 0.15) is 70.3 Å². The van der Waals surface area contributed by atoms with Crippen LogP contribution in [0.4, 0.5) is 32.0 Å². The number of halogens is 6. The summed E-state index contributed by atoms with van der Waals surface area (Å²) in [6, 6.07) is 8.49. The number of alkyl halides is 6. The summed E-state index contributed by atoms with van der Waals surface area (Å²) >= 11 is 0. The topological polar surface area (TPSA) is 63.1 Å². The number of nitrogens with zero attached hydrogens (tertiary/aromatic N) is 4. The fourth-order valence-corrected chi connectivity index (χ4v) is 5.93. The Morgan fingerprint density at radius 1 is 1.15 bits per heavy atom. The molecule has 1 aromatic heterocycles. The molecule has 3 aromatic rings. The van der Waals surface area contributed by atoms with Crippen LogP contribution in [0.3, 0.4) is 0 Å². The van der Waals surface area contributed by atoms with Crippen LogP contribution in [0.2, 0.25) is 0 Å². The smallest absolute Gasteiger partial charge is 0.318 e. The minimum atomic E-state index is -4.67. The van der Waals surface area contributed by atoms with Crippen molar-refractivity contribution in [2.45, 2.75) is 62.5 Å². The third kappa shape index (κ3) is 4.65. The summed E-state index contributed by atoms with van der Waals surface area (Å²) in [5.41, 5.74) is -1.90. The molecule has 2 fully saturated rings. The lowest BCUT2D eigenvalue weighted by Crippen LogP contribution is -2.52. The number of hydrogen-bond acceptors (Lipinski definition) is 4. The first-order valence-corrected chi connectivity index (χ1v) is 13.1. The first-order chi connectivity index (χ1) is 18.9. The van der Waals surface area contributed by atoms with Gasteiger partial charge in [-0.2, -0.15) is 13.2 Å². The van der Waals surface area contributed by atoms with Crippen molar-refractivity contribution in [3.05, 3.63) is 76.4 Å². The van der Waals surface area contributed by atoms with Gasteiger partial charge >= 0.3 is 6.18 Å². The standard InChI is InChI=1S/C28H27F6N5O/c1-38-15-36-37-24(38)23(29)26(13-27(30,31)14-26)18-3-2-4-19(9-18)39-12-21-20(25(39)40)7-17(8-22(21)28(32,33)34)11-35-10-16-5-6-16/h2-4,7-9,15-16,23,35H,5-6,10-14H2,1H3/t23-/m0/s1. The molecule has 0 spiro atoms. The molecule has 1 N–H and O–H groups in total. The third-order valence-electron chi connectivity index (χ3n) is 8.21. The average molecular weight is 564 g/mol. The van der Waals surface area contributed by atoms with Crippen LogP contribution in [0.25, 0.3) is 0 Å². The molecule has 6 rings (SSSR count). The highest BCUT2D eigenvalue weighted by Gasteiger charge is 2.62. The number of anilines is 1. The number of carbonyl (C=O) groups is 1. The van der Waals surface area contributed by atoms with E-state index in [1.807, 2.05) is 0 Å². The van der Waals surface area contributed by atoms with Crippen molar-refractivity contribution < 1.29 is 31.1 Å². The van der Waals surface area contributed by atoms with Crippen molar-refractivity contribution >= 4 is 11.6 Å². The van der Waals surface area contributed by atoms with Gasteiger partial charge < -0.3 is 14.8 Å². The lowest BCUT2D eigenvalue weighted by molar-refractivity contribution is -0.151. The highest BCUT2D eigenvalue weighted by Crippen LogP contribution is 2.60. The van der Waals surface area contributed by atoms with E-state index >= 15 is 4.39 Å². The average Bonchev–Trinajstić information content (AvgIpc) is 3.51. The fourth-order valence-electron chi connectivity index (χ4n) is 5.93. The van der Waals surface area contributed by atoms with E-state index in [0.717, 1.165) is 18.9 Å². The SMILES string of the molecule is Cn1cnnc1[C@H](F)C1(c2cccc(N3Cc4c(cc(CNCC5CC5)cc4C(F)(F)F)C3=O)c2)CC(F)(F)C1. The summed E-state index contributed by atoms with van der Waals surface area (Å²) in [7, 11) is 1.51. The number of benzene rings is 2. The molecule has 2 heterocycles. The lowest BCUT2D eigenvalue weighted by atomic mass is 9.59. The number of rotatable bonds is 8. The highest BCUT2D eigenvalue weighted by molar-refractivity contribution is 6.10. The molecular weight excluding hydrogens is 536 g/mol. The predicted octanol–water partition coefficient (Wildman–Crippen LogP) is 5.87. The molecule has 1 aliphatic heterocycles. The molecule has 2 saturated carbocycles. The normalized spacial score (nSPS) is 20.4. The van der Waals surface area contributed by atoms with E-state index in [4.69, 9.17) is 0 Å². The number of fused-ring (bicyclic) bond motifs is 1. The van der Waals surface area contributed by atoms with Crippen molar-refractivity contribution in [2.24, 2.45) is 13.0 Å². The van der Waals surface area contributed by atoms with Crippen LogP contribution in [0.5, 0.6) is 0 Å². The molecule has 40 heavy (non-hydrogen) atoms. The van der Waals surface area contributed by atoms with Gasteiger partial charge in [0.1, 0.15) is 6.33 Å². The van der Waals surface area contributed by atoms with E-state index in [2.05, 4.69) is 15.5 Å². The zero-order chi connectivity index (χ0) is 28.4. The molecule has 6 nitrogen and oxygen atoms in total.